The van der Waals surface area contributed by atoms with Gasteiger partial charge in [-0.1, -0.05) is 41.1 Å². The van der Waals surface area contributed by atoms with E-state index < -0.39 is 6.10 Å². The number of aliphatic hydroxyl groups excluding tert-OH is 1. The molecule has 0 aliphatic rings. The Bertz CT molecular complexity index is 462. The van der Waals surface area contributed by atoms with Crippen molar-refractivity contribution in [3.63, 3.8) is 0 Å². The Morgan fingerprint density at radius 3 is 2.93 bits per heavy atom. The number of halogens is 1. The van der Waals surface area contributed by atoms with Crippen molar-refractivity contribution in [3.05, 3.63) is 35.6 Å². The number of hydrogen-bond acceptors (Lipinski definition) is 2. The van der Waals surface area contributed by atoms with E-state index in [2.05, 4.69) is 28.9 Å². The Morgan fingerprint density at radius 1 is 1.47 bits per heavy atom. The van der Waals surface area contributed by atoms with E-state index in [0.29, 0.717) is 11.1 Å². The third-order valence-electron chi connectivity index (χ3n) is 2.50. The lowest BCUT2D eigenvalue weighted by molar-refractivity contribution is 0.178. The lowest BCUT2D eigenvalue weighted by atomic mass is 10.1. The predicted molar refractivity (Wildman–Crippen MR) is 64.3 cm³/mol. The fraction of sp³-hybridized carbons (Fsp3) is 0.333. The summed E-state index contributed by atoms with van der Waals surface area (Å²) in [5.74, 6) is 0.628. The van der Waals surface area contributed by atoms with Crippen molar-refractivity contribution in [1.82, 2.24) is 0 Å². The second-order valence-electron chi connectivity index (χ2n) is 3.51. The van der Waals surface area contributed by atoms with Crippen molar-refractivity contribution in [1.29, 1.82) is 0 Å². The van der Waals surface area contributed by atoms with Crippen LogP contribution in [0.1, 0.15) is 24.4 Å². The molecule has 1 heterocycles. The molecule has 0 fully saturated rings. The molecule has 0 unspecified atom stereocenters. The summed E-state index contributed by atoms with van der Waals surface area (Å²) >= 11 is 3.23. The van der Waals surface area contributed by atoms with Crippen molar-refractivity contribution in [2.24, 2.45) is 0 Å². The molecule has 0 spiro atoms. The van der Waals surface area contributed by atoms with E-state index in [0.717, 1.165) is 17.4 Å². The predicted octanol–water partition coefficient (Wildman–Crippen LogP) is 3.42. The van der Waals surface area contributed by atoms with E-state index >= 15 is 0 Å². The first-order valence-electron chi connectivity index (χ1n) is 5.01. The van der Waals surface area contributed by atoms with Crippen molar-refractivity contribution in [2.45, 2.75) is 19.4 Å². The molecule has 0 aliphatic carbocycles. The Morgan fingerprint density at radius 2 is 2.27 bits per heavy atom. The van der Waals surface area contributed by atoms with Crippen LogP contribution in [0.2, 0.25) is 0 Å². The maximum Gasteiger partial charge on any atom is 0.137 e. The number of para-hydroxylation sites is 1. The molecule has 2 rings (SSSR count). The van der Waals surface area contributed by atoms with Gasteiger partial charge in [0, 0.05) is 10.7 Å². The van der Waals surface area contributed by atoms with Gasteiger partial charge in [0.05, 0.1) is 0 Å². The van der Waals surface area contributed by atoms with Crippen LogP contribution in [-0.2, 0) is 6.42 Å². The second-order valence-corrected chi connectivity index (χ2v) is 4.16. The van der Waals surface area contributed by atoms with Crippen LogP contribution >= 0.6 is 15.9 Å². The van der Waals surface area contributed by atoms with Gasteiger partial charge < -0.3 is 9.52 Å². The normalized spacial score (nSPS) is 13.3. The minimum absolute atomic E-state index is 0.494. The average molecular weight is 269 g/mol. The van der Waals surface area contributed by atoms with Crippen LogP contribution in [0.25, 0.3) is 11.0 Å². The highest BCUT2D eigenvalue weighted by Gasteiger charge is 2.13. The largest absolute Gasteiger partial charge is 0.458 e. The number of aryl methyl sites for hydroxylation is 1. The zero-order valence-corrected chi connectivity index (χ0v) is 10.1. The first kappa shape index (κ1) is 10.7. The van der Waals surface area contributed by atoms with Gasteiger partial charge in [-0.15, -0.1) is 0 Å². The summed E-state index contributed by atoms with van der Waals surface area (Å²) in [6.45, 7) is 2.10. The number of alkyl halides is 1. The molecule has 0 bridgehead atoms. The SMILES string of the molecule is CCc1cccc2cc([C@H](O)CBr)oc12. The molecule has 80 valence electrons. The number of benzene rings is 1. The van der Waals surface area contributed by atoms with Gasteiger partial charge in [-0.3, -0.25) is 0 Å². The van der Waals surface area contributed by atoms with Crippen LogP contribution < -0.4 is 0 Å². The molecule has 0 amide bonds. The summed E-state index contributed by atoms with van der Waals surface area (Å²) in [5.41, 5.74) is 2.08. The van der Waals surface area contributed by atoms with Crippen molar-refractivity contribution in [2.75, 3.05) is 5.33 Å². The molecule has 0 radical (unpaired) electrons. The van der Waals surface area contributed by atoms with E-state index in [1.54, 1.807) is 0 Å². The molecule has 3 heteroatoms. The number of hydrogen-bond donors (Lipinski definition) is 1. The first-order chi connectivity index (χ1) is 7.26. The third-order valence-corrected chi connectivity index (χ3v) is 3.11. The molecule has 1 aromatic carbocycles. The first-order valence-corrected chi connectivity index (χ1v) is 6.13. The molecule has 2 nitrogen and oxygen atoms in total. The second kappa shape index (κ2) is 4.37. The monoisotopic (exact) mass is 268 g/mol. The van der Waals surface area contributed by atoms with Crippen LogP contribution in [-0.4, -0.2) is 10.4 Å². The van der Waals surface area contributed by atoms with Gasteiger partial charge in [0.2, 0.25) is 0 Å². The quantitative estimate of drug-likeness (QED) is 0.866. The number of rotatable bonds is 3. The van der Waals surface area contributed by atoms with E-state index in [-0.39, 0.29) is 0 Å². The minimum atomic E-state index is -0.567. The molecule has 2 aromatic rings. The zero-order valence-electron chi connectivity index (χ0n) is 8.53. The summed E-state index contributed by atoms with van der Waals surface area (Å²) in [4.78, 5) is 0. The van der Waals surface area contributed by atoms with Crippen LogP contribution in [0.5, 0.6) is 0 Å². The zero-order chi connectivity index (χ0) is 10.8. The topological polar surface area (TPSA) is 33.4 Å². The van der Waals surface area contributed by atoms with Gasteiger partial charge in [-0.05, 0) is 18.1 Å². The number of aliphatic hydroxyl groups is 1. The van der Waals surface area contributed by atoms with E-state index in [9.17, 15) is 5.11 Å². The lowest BCUT2D eigenvalue weighted by Gasteiger charge is -2.01. The molecule has 0 saturated heterocycles. The fourth-order valence-electron chi connectivity index (χ4n) is 1.66. The summed E-state index contributed by atoms with van der Waals surface area (Å²) in [6, 6.07) is 7.97. The lowest BCUT2D eigenvalue weighted by Crippen LogP contribution is -1.94. The minimum Gasteiger partial charge on any atom is -0.458 e. The van der Waals surface area contributed by atoms with Crippen LogP contribution in [0.3, 0.4) is 0 Å². The molecule has 1 N–H and O–H groups in total. The number of fused-ring (bicyclic) bond motifs is 1. The summed E-state index contributed by atoms with van der Waals surface area (Å²) in [5, 5.41) is 11.2. The maximum atomic E-state index is 9.65. The van der Waals surface area contributed by atoms with Gasteiger partial charge in [-0.25, -0.2) is 0 Å². The van der Waals surface area contributed by atoms with Crippen molar-refractivity contribution in [3.8, 4) is 0 Å². The van der Waals surface area contributed by atoms with Crippen LogP contribution in [0.15, 0.2) is 28.7 Å². The van der Waals surface area contributed by atoms with Gasteiger partial charge >= 0.3 is 0 Å². The Labute approximate surface area is 97.0 Å². The van der Waals surface area contributed by atoms with Crippen molar-refractivity contribution >= 4 is 26.9 Å². The van der Waals surface area contributed by atoms with E-state index in [1.807, 2.05) is 18.2 Å². The summed E-state index contributed by atoms with van der Waals surface area (Å²) in [6.07, 6.45) is 0.372. The maximum absolute atomic E-state index is 9.65. The van der Waals surface area contributed by atoms with E-state index in [1.165, 1.54) is 5.56 Å². The molecule has 1 aromatic heterocycles. The highest BCUT2D eigenvalue weighted by atomic mass is 79.9. The van der Waals surface area contributed by atoms with Crippen LogP contribution in [0, 0.1) is 0 Å². The molecule has 1 atom stereocenters. The third kappa shape index (κ3) is 1.94. The molecule has 15 heavy (non-hydrogen) atoms. The molecular formula is C12H13BrO2. The molecular weight excluding hydrogens is 256 g/mol. The standard InChI is InChI=1S/C12H13BrO2/c1-2-8-4-3-5-9-6-11(10(14)7-13)15-12(8)9/h3-6,10,14H,2,7H2,1H3/t10-/m1/s1. The summed E-state index contributed by atoms with van der Waals surface area (Å²) in [7, 11) is 0. The Kier molecular flexibility index (Phi) is 3.12. The fourth-order valence-corrected chi connectivity index (χ4v) is 1.98. The average Bonchev–Trinajstić information content (AvgIpc) is 2.71. The van der Waals surface area contributed by atoms with Gasteiger partial charge in [-0.2, -0.15) is 0 Å². The van der Waals surface area contributed by atoms with Gasteiger partial charge in [0.25, 0.3) is 0 Å². The van der Waals surface area contributed by atoms with Crippen LogP contribution in [0.4, 0.5) is 0 Å². The number of furan rings is 1. The summed E-state index contributed by atoms with van der Waals surface area (Å²) < 4.78 is 5.66. The van der Waals surface area contributed by atoms with Gasteiger partial charge in [0.1, 0.15) is 17.4 Å². The Balaban J connectivity index is 2.55. The molecule has 0 saturated carbocycles. The highest BCUT2D eigenvalue weighted by molar-refractivity contribution is 9.09. The van der Waals surface area contributed by atoms with Gasteiger partial charge in [0.15, 0.2) is 0 Å². The smallest absolute Gasteiger partial charge is 0.137 e. The highest BCUT2D eigenvalue weighted by Crippen LogP contribution is 2.27. The molecule has 0 aliphatic heterocycles. The Hall–Kier alpha value is -0.800. The van der Waals surface area contributed by atoms with Crippen molar-refractivity contribution < 1.29 is 9.52 Å². The van der Waals surface area contributed by atoms with E-state index in [4.69, 9.17) is 4.42 Å².